The molecule has 1 aliphatic carbocycles. The van der Waals surface area contributed by atoms with E-state index in [1.54, 1.807) is 5.57 Å². The molecule has 3 saturated heterocycles. The average Bonchev–Trinajstić information content (AvgIpc) is 3.05. The predicted octanol–water partition coefficient (Wildman–Crippen LogP) is 2.24. The fourth-order valence-corrected chi connectivity index (χ4v) is 8.14. The van der Waals surface area contributed by atoms with E-state index in [4.69, 9.17) is 4.74 Å². The van der Waals surface area contributed by atoms with E-state index in [1.165, 1.54) is 37.2 Å². The molecule has 1 amide bonds. The van der Waals surface area contributed by atoms with Gasteiger partial charge in [-0.05, 0) is 23.1 Å². The van der Waals surface area contributed by atoms with Crippen LogP contribution in [0.3, 0.4) is 0 Å². The molecule has 7 atom stereocenters. The van der Waals surface area contributed by atoms with Gasteiger partial charge in [-0.25, -0.2) is 0 Å². The number of amides is 1. The van der Waals surface area contributed by atoms with Crippen LogP contribution < -0.4 is 4.90 Å². The zero-order chi connectivity index (χ0) is 17.3. The Bertz CT molecular complexity index is 894. The first-order chi connectivity index (χ1) is 12.6. The van der Waals surface area contributed by atoms with Gasteiger partial charge < -0.3 is 14.1 Å². The maximum absolute atomic E-state index is 13.3. The van der Waals surface area contributed by atoms with Crippen molar-refractivity contribution in [2.24, 2.45) is 11.8 Å². The molecule has 26 heavy (non-hydrogen) atoms. The number of carbonyl (C=O) groups excluding carboxylic acids is 1. The lowest BCUT2D eigenvalue weighted by Crippen LogP contribution is -2.72. The Morgan fingerprint density at radius 1 is 1.31 bits per heavy atom. The summed E-state index contributed by atoms with van der Waals surface area (Å²) in [6.07, 6.45) is 5.51. The highest BCUT2D eigenvalue weighted by Crippen LogP contribution is 2.67. The number of benzene rings is 1. The van der Waals surface area contributed by atoms with E-state index >= 15 is 0 Å². The number of fused-ring (bicyclic) bond motifs is 2. The molecule has 4 nitrogen and oxygen atoms in total. The zero-order valence-electron chi connectivity index (χ0n) is 15.2. The third kappa shape index (κ3) is 1.34. The highest BCUT2D eigenvalue weighted by Gasteiger charge is 2.75. The molecular weight excluding hydrogens is 324 g/mol. The van der Waals surface area contributed by atoms with E-state index in [0.717, 1.165) is 4.48 Å². The van der Waals surface area contributed by atoms with Crippen molar-refractivity contribution in [3.05, 3.63) is 41.5 Å². The summed E-state index contributed by atoms with van der Waals surface area (Å²) in [5.41, 5.74) is 4.43. The summed E-state index contributed by atoms with van der Waals surface area (Å²) in [5.74, 6) is 1.36. The van der Waals surface area contributed by atoms with E-state index in [-0.39, 0.29) is 17.4 Å². The van der Waals surface area contributed by atoms with E-state index in [9.17, 15) is 4.79 Å². The number of hydrogen-bond acceptors (Lipinski definition) is 2. The maximum Gasteiger partial charge on any atom is 0.229 e. The number of quaternary nitrogens is 1. The summed E-state index contributed by atoms with van der Waals surface area (Å²) < 4.78 is 7.45. The Kier molecular flexibility index (Phi) is 2.36. The lowest BCUT2D eigenvalue weighted by molar-refractivity contribution is -0.925. The number of piperidine rings is 2. The molecule has 4 heteroatoms. The fraction of sp³-hybridized carbons (Fsp3) is 0.591. The Labute approximate surface area is 154 Å². The highest BCUT2D eigenvalue weighted by atomic mass is 16.5. The van der Waals surface area contributed by atoms with E-state index in [0.29, 0.717) is 36.9 Å². The molecule has 1 aromatic rings. The molecule has 0 radical (unpaired) electrons. The molecule has 0 aromatic heterocycles. The Morgan fingerprint density at radius 3 is 3.12 bits per heavy atom. The molecule has 6 aliphatic rings. The monoisotopic (exact) mass is 349 g/mol. The maximum atomic E-state index is 13.3. The first-order valence-corrected chi connectivity index (χ1v) is 10.2. The van der Waals surface area contributed by atoms with Crippen LogP contribution >= 0.6 is 0 Å². The largest absolute Gasteiger partial charge is 0.373 e. The minimum absolute atomic E-state index is 0.104. The molecule has 4 unspecified atom stereocenters. The first-order valence-electron chi connectivity index (χ1n) is 10.2. The van der Waals surface area contributed by atoms with Crippen LogP contribution in [-0.4, -0.2) is 55.3 Å². The molecule has 5 heterocycles. The quantitative estimate of drug-likeness (QED) is 0.531. The lowest BCUT2D eigenvalue weighted by Gasteiger charge is -2.59. The van der Waals surface area contributed by atoms with Gasteiger partial charge in [-0.1, -0.05) is 24.3 Å². The van der Waals surface area contributed by atoms with Gasteiger partial charge in [0, 0.05) is 24.4 Å². The second-order valence-electron chi connectivity index (χ2n) is 9.67. The Morgan fingerprint density at radius 2 is 2.19 bits per heavy atom. The molecule has 5 aliphatic heterocycles. The van der Waals surface area contributed by atoms with Gasteiger partial charge in [0.05, 0.1) is 44.2 Å². The van der Waals surface area contributed by atoms with Gasteiger partial charge in [0.25, 0.3) is 0 Å². The number of nitrogens with zero attached hydrogens (tertiary/aromatic N) is 2. The first kappa shape index (κ1) is 14.4. The molecule has 134 valence electrons. The topological polar surface area (TPSA) is 29.5 Å². The molecule has 1 aromatic carbocycles. The van der Waals surface area contributed by atoms with Crippen molar-refractivity contribution >= 4 is 11.6 Å². The molecule has 1 saturated carbocycles. The number of hydrogen-bond donors (Lipinski definition) is 0. The molecule has 2 bridgehead atoms. The van der Waals surface area contributed by atoms with Gasteiger partial charge in [-0.15, -0.1) is 0 Å². The number of ether oxygens (including phenoxy) is 1. The number of para-hydroxylation sites is 1. The molecular formula is C22H25N2O2+. The SMILES string of the molecule is C[N+]12CC[C@@]34c5ccccc5N5C(=O)C[C@@H]6OCC=C(C1)[C@H](CC32)C6C54. The van der Waals surface area contributed by atoms with Crippen molar-refractivity contribution < 1.29 is 14.0 Å². The smallest absolute Gasteiger partial charge is 0.229 e. The number of likely N-dealkylation sites (N-methyl/N-ethyl adjacent to an activating group) is 1. The summed E-state index contributed by atoms with van der Waals surface area (Å²) in [6.45, 7) is 3.12. The van der Waals surface area contributed by atoms with E-state index in [1.807, 2.05) is 0 Å². The minimum atomic E-state index is 0.104. The number of rotatable bonds is 0. The van der Waals surface area contributed by atoms with Crippen LogP contribution in [0.4, 0.5) is 5.69 Å². The van der Waals surface area contributed by atoms with E-state index < -0.39 is 0 Å². The minimum Gasteiger partial charge on any atom is -0.373 e. The fourth-order valence-electron chi connectivity index (χ4n) is 8.14. The Hall–Kier alpha value is -1.65. The van der Waals surface area contributed by atoms with Crippen LogP contribution in [0.15, 0.2) is 35.9 Å². The summed E-state index contributed by atoms with van der Waals surface area (Å²) >= 11 is 0. The van der Waals surface area contributed by atoms with E-state index in [2.05, 4.69) is 42.3 Å². The second-order valence-corrected chi connectivity index (χ2v) is 9.67. The average molecular weight is 349 g/mol. The standard InChI is InChI=1S/C22H25N2O2/c1-24-8-7-22-15-4-2-3-5-16(15)23-19(25)11-17-20(21(22)23)14(10-18(22)24)13(12-24)6-9-26-17/h2-6,14,17-18,20-21H,7-12H2,1H3/q+1/t14-,17-,18?,20?,21?,22+,24?/m0/s1. The summed E-state index contributed by atoms with van der Waals surface area (Å²) in [4.78, 5) is 15.5. The van der Waals surface area contributed by atoms with Gasteiger partial charge in [0.1, 0.15) is 12.6 Å². The van der Waals surface area contributed by atoms with Crippen LogP contribution in [0.1, 0.15) is 24.8 Å². The molecule has 4 fully saturated rings. The van der Waals surface area contributed by atoms with Gasteiger partial charge in [0.2, 0.25) is 5.91 Å². The second kappa shape index (κ2) is 4.26. The lowest BCUT2D eigenvalue weighted by atomic mass is 9.53. The van der Waals surface area contributed by atoms with Gasteiger partial charge in [-0.3, -0.25) is 4.79 Å². The molecule has 7 rings (SSSR count). The normalized spacial score (nSPS) is 49.6. The predicted molar refractivity (Wildman–Crippen MR) is 97.8 cm³/mol. The van der Waals surface area contributed by atoms with Crippen molar-refractivity contribution in [3.63, 3.8) is 0 Å². The number of carbonyl (C=O) groups is 1. The number of anilines is 1. The zero-order valence-corrected chi connectivity index (χ0v) is 15.2. The van der Waals surface area contributed by atoms with Crippen molar-refractivity contribution in [3.8, 4) is 0 Å². The van der Waals surface area contributed by atoms with Crippen molar-refractivity contribution in [1.82, 2.24) is 0 Å². The summed E-state index contributed by atoms with van der Waals surface area (Å²) in [5, 5.41) is 0. The van der Waals surface area contributed by atoms with Crippen LogP contribution in [0.25, 0.3) is 0 Å². The summed E-state index contributed by atoms with van der Waals surface area (Å²) in [6, 6.07) is 9.76. The third-order valence-electron chi connectivity index (χ3n) is 8.91. The third-order valence-corrected chi connectivity index (χ3v) is 8.91. The van der Waals surface area contributed by atoms with Crippen molar-refractivity contribution in [2.75, 3.05) is 31.6 Å². The van der Waals surface area contributed by atoms with Crippen molar-refractivity contribution in [2.45, 2.75) is 42.9 Å². The van der Waals surface area contributed by atoms with Gasteiger partial charge in [0.15, 0.2) is 0 Å². The molecule has 0 N–H and O–H groups in total. The Balaban J connectivity index is 1.56. The van der Waals surface area contributed by atoms with Gasteiger partial charge in [-0.2, -0.15) is 0 Å². The molecule has 1 spiro atoms. The van der Waals surface area contributed by atoms with Gasteiger partial charge >= 0.3 is 0 Å². The highest BCUT2D eigenvalue weighted by molar-refractivity contribution is 5.99. The van der Waals surface area contributed by atoms with Crippen LogP contribution in [0, 0.1) is 11.8 Å². The van der Waals surface area contributed by atoms with Crippen molar-refractivity contribution in [1.29, 1.82) is 0 Å². The summed E-state index contributed by atoms with van der Waals surface area (Å²) in [7, 11) is 2.47. The van der Waals surface area contributed by atoms with Crippen LogP contribution in [-0.2, 0) is 14.9 Å². The van der Waals surface area contributed by atoms with Crippen LogP contribution in [0.5, 0.6) is 0 Å². The van der Waals surface area contributed by atoms with Crippen LogP contribution in [0.2, 0.25) is 0 Å².